The molecule has 0 aliphatic heterocycles. The van der Waals surface area contributed by atoms with Crippen LogP contribution in [0.25, 0.3) is 0 Å². The smallest absolute Gasteiger partial charge is 0.347 e. The number of esters is 1. The standard InChI is InChI=1S/C12H11Cl2NO5/c1-19-12(16)11(6-2-3-6)20-10-5-8(14)7(13)4-9(10)15(17)18/h4-6,11H,2-3H2,1H3. The minimum Gasteiger partial charge on any atom is -0.471 e. The molecular formula is C12H11Cl2NO5. The highest BCUT2D eigenvalue weighted by Crippen LogP contribution is 2.40. The molecule has 2 rings (SSSR count). The van der Waals surface area contributed by atoms with Crippen LogP contribution < -0.4 is 4.74 Å². The van der Waals surface area contributed by atoms with Gasteiger partial charge in [-0.1, -0.05) is 23.2 Å². The molecule has 8 heteroatoms. The van der Waals surface area contributed by atoms with Crippen LogP contribution in [0, 0.1) is 16.0 Å². The average molecular weight is 320 g/mol. The van der Waals surface area contributed by atoms with Gasteiger partial charge in [0.25, 0.3) is 0 Å². The topological polar surface area (TPSA) is 78.7 Å². The first kappa shape index (κ1) is 14.9. The quantitative estimate of drug-likeness (QED) is 0.473. The zero-order chi connectivity index (χ0) is 14.9. The van der Waals surface area contributed by atoms with Crippen LogP contribution in [0.3, 0.4) is 0 Å². The maximum Gasteiger partial charge on any atom is 0.347 e. The summed E-state index contributed by atoms with van der Waals surface area (Å²) in [5.74, 6) is -0.643. The van der Waals surface area contributed by atoms with Crippen molar-refractivity contribution < 1.29 is 19.2 Å². The van der Waals surface area contributed by atoms with E-state index in [0.29, 0.717) is 0 Å². The van der Waals surface area contributed by atoms with Gasteiger partial charge in [0, 0.05) is 18.1 Å². The summed E-state index contributed by atoms with van der Waals surface area (Å²) in [5, 5.41) is 11.2. The molecule has 1 aliphatic rings. The Kier molecular flexibility index (Phi) is 4.35. The molecule has 1 unspecified atom stereocenters. The molecular weight excluding hydrogens is 309 g/mol. The Hall–Kier alpha value is -1.53. The third-order valence-electron chi connectivity index (χ3n) is 2.94. The SMILES string of the molecule is COC(=O)C(Oc1cc(Cl)c(Cl)cc1[N+](=O)[O-])C1CC1. The number of nitrogens with zero attached hydrogens (tertiary/aromatic N) is 1. The summed E-state index contributed by atoms with van der Waals surface area (Å²) in [6, 6.07) is 2.33. The molecule has 0 bridgehead atoms. The van der Waals surface area contributed by atoms with Crippen molar-refractivity contribution in [1.29, 1.82) is 0 Å². The second-order valence-electron chi connectivity index (χ2n) is 4.39. The van der Waals surface area contributed by atoms with E-state index in [-0.39, 0.29) is 27.4 Å². The van der Waals surface area contributed by atoms with E-state index < -0.39 is 17.0 Å². The number of benzene rings is 1. The molecule has 0 radical (unpaired) electrons. The Balaban J connectivity index is 2.33. The van der Waals surface area contributed by atoms with E-state index in [2.05, 4.69) is 4.74 Å². The molecule has 20 heavy (non-hydrogen) atoms. The molecule has 1 aromatic rings. The lowest BCUT2D eigenvalue weighted by Gasteiger charge is -2.16. The number of hydrogen-bond donors (Lipinski definition) is 0. The largest absolute Gasteiger partial charge is 0.471 e. The van der Waals surface area contributed by atoms with Crippen LogP contribution >= 0.6 is 23.2 Å². The van der Waals surface area contributed by atoms with E-state index in [9.17, 15) is 14.9 Å². The van der Waals surface area contributed by atoms with E-state index in [1.54, 1.807) is 0 Å². The molecule has 0 amide bonds. The predicted octanol–water partition coefficient (Wildman–Crippen LogP) is 3.23. The van der Waals surface area contributed by atoms with Crippen LogP contribution in [-0.4, -0.2) is 24.1 Å². The first-order chi connectivity index (χ1) is 9.43. The highest BCUT2D eigenvalue weighted by atomic mass is 35.5. The zero-order valence-electron chi connectivity index (χ0n) is 10.5. The molecule has 0 spiro atoms. The third-order valence-corrected chi connectivity index (χ3v) is 3.66. The highest BCUT2D eigenvalue weighted by Gasteiger charge is 2.40. The van der Waals surface area contributed by atoms with Crippen LogP contribution in [0.2, 0.25) is 10.0 Å². The number of halogens is 2. The first-order valence-electron chi connectivity index (χ1n) is 5.82. The van der Waals surface area contributed by atoms with Crippen LogP contribution in [0.15, 0.2) is 12.1 Å². The molecule has 0 aromatic heterocycles. The summed E-state index contributed by atoms with van der Waals surface area (Å²) in [5.41, 5.74) is -0.339. The Bertz CT molecular complexity index is 559. The van der Waals surface area contributed by atoms with Gasteiger partial charge in [-0.05, 0) is 12.8 Å². The average Bonchev–Trinajstić information content (AvgIpc) is 3.22. The van der Waals surface area contributed by atoms with E-state index >= 15 is 0 Å². The van der Waals surface area contributed by atoms with Crippen molar-refractivity contribution in [1.82, 2.24) is 0 Å². The first-order valence-corrected chi connectivity index (χ1v) is 6.57. The van der Waals surface area contributed by atoms with E-state index in [1.165, 1.54) is 13.2 Å². The fourth-order valence-corrected chi connectivity index (χ4v) is 2.06. The fourth-order valence-electron chi connectivity index (χ4n) is 1.74. The monoisotopic (exact) mass is 319 g/mol. The number of ether oxygens (including phenoxy) is 2. The summed E-state index contributed by atoms with van der Waals surface area (Å²) in [4.78, 5) is 22.0. The van der Waals surface area contributed by atoms with Gasteiger partial charge in [-0.3, -0.25) is 10.1 Å². The molecule has 1 fully saturated rings. The van der Waals surface area contributed by atoms with E-state index in [0.717, 1.165) is 18.9 Å². The van der Waals surface area contributed by atoms with Crippen LogP contribution in [0.4, 0.5) is 5.69 Å². The lowest BCUT2D eigenvalue weighted by atomic mass is 10.2. The number of methoxy groups -OCH3 is 1. The van der Waals surface area contributed by atoms with Crippen LogP contribution in [-0.2, 0) is 9.53 Å². The predicted molar refractivity (Wildman–Crippen MR) is 72.3 cm³/mol. The van der Waals surface area contributed by atoms with Gasteiger partial charge in [0.2, 0.25) is 0 Å². The van der Waals surface area contributed by atoms with Crippen molar-refractivity contribution in [3.8, 4) is 5.75 Å². The van der Waals surface area contributed by atoms with Crippen molar-refractivity contribution in [3.05, 3.63) is 32.3 Å². The maximum absolute atomic E-state index is 11.7. The highest BCUT2D eigenvalue weighted by molar-refractivity contribution is 6.42. The second-order valence-corrected chi connectivity index (χ2v) is 5.20. The van der Waals surface area contributed by atoms with Gasteiger partial charge in [-0.2, -0.15) is 0 Å². The van der Waals surface area contributed by atoms with Crippen molar-refractivity contribution in [3.63, 3.8) is 0 Å². The van der Waals surface area contributed by atoms with E-state index in [4.69, 9.17) is 27.9 Å². The summed E-state index contributed by atoms with van der Waals surface area (Å²) in [7, 11) is 1.24. The van der Waals surface area contributed by atoms with Crippen LogP contribution in [0.1, 0.15) is 12.8 Å². The second kappa shape index (κ2) is 5.85. The molecule has 0 saturated heterocycles. The van der Waals surface area contributed by atoms with Crippen molar-refractivity contribution in [2.24, 2.45) is 5.92 Å². The Morgan fingerprint density at radius 1 is 1.40 bits per heavy atom. The zero-order valence-corrected chi connectivity index (χ0v) is 12.0. The fraction of sp³-hybridized carbons (Fsp3) is 0.417. The van der Waals surface area contributed by atoms with Crippen molar-refractivity contribution in [2.75, 3.05) is 7.11 Å². The number of rotatable bonds is 5. The summed E-state index contributed by atoms with van der Waals surface area (Å²) in [6.45, 7) is 0. The van der Waals surface area contributed by atoms with Gasteiger partial charge in [-0.15, -0.1) is 0 Å². The number of carbonyl (C=O) groups excluding carboxylic acids is 1. The normalized spacial score (nSPS) is 15.6. The molecule has 1 aliphatic carbocycles. The van der Waals surface area contributed by atoms with Gasteiger partial charge in [-0.25, -0.2) is 4.79 Å². The van der Waals surface area contributed by atoms with E-state index in [1.807, 2.05) is 0 Å². The van der Waals surface area contributed by atoms with Gasteiger partial charge in [0.1, 0.15) is 0 Å². The third kappa shape index (κ3) is 3.13. The molecule has 1 aromatic carbocycles. The number of hydrogen-bond acceptors (Lipinski definition) is 5. The Morgan fingerprint density at radius 3 is 2.50 bits per heavy atom. The Labute approximate surface area is 124 Å². The van der Waals surface area contributed by atoms with Gasteiger partial charge < -0.3 is 9.47 Å². The van der Waals surface area contributed by atoms with Gasteiger partial charge >= 0.3 is 11.7 Å². The number of carbonyl (C=O) groups is 1. The molecule has 0 heterocycles. The summed E-state index contributed by atoms with van der Waals surface area (Å²) < 4.78 is 10.1. The van der Waals surface area contributed by atoms with Crippen molar-refractivity contribution >= 4 is 34.9 Å². The minimum absolute atomic E-state index is 0.0107. The summed E-state index contributed by atoms with van der Waals surface area (Å²) >= 11 is 11.6. The number of nitro groups is 1. The van der Waals surface area contributed by atoms with Gasteiger partial charge in [0.05, 0.1) is 22.1 Å². The molecule has 0 N–H and O–H groups in total. The molecule has 1 atom stereocenters. The minimum atomic E-state index is -0.865. The molecule has 108 valence electrons. The summed E-state index contributed by atoms with van der Waals surface area (Å²) in [6.07, 6.45) is 0.764. The lowest BCUT2D eigenvalue weighted by Crippen LogP contribution is -2.30. The molecule has 6 nitrogen and oxygen atoms in total. The van der Waals surface area contributed by atoms with Crippen molar-refractivity contribution in [2.45, 2.75) is 18.9 Å². The van der Waals surface area contributed by atoms with Crippen LogP contribution in [0.5, 0.6) is 5.75 Å². The molecule has 1 saturated carbocycles. The number of nitro benzene ring substituents is 1. The lowest BCUT2D eigenvalue weighted by molar-refractivity contribution is -0.386. The maximum atomic E-state index is 11.7. The van der Waals surface area contributed by atoms with Gasteiger partial charge in [0.15, 0.2) is 11.9 Å². The Morgan fingerprint density at radius 2 is 2.00 bits per heavy atom.